The molecule has 0 aliphatic rings. The highest BCUT2D eigenvalue weighted by molar-refractivity contribution is 6.30. The van der Waals surface area contributed by atoms with Crippen molar-refractivity contribution in [1.29, 1.82) is 0 Å². The fraction of sp³-hybridized carbons (Fsp3) is 0.231. The molecule has 0 saturated heterocycles. The molecule has 90 valence electrons. The molecule has 1 unspecified atom stereocenters. The van der Waals surface area contributed by atoms with Crippen LogP contribution in [0.4, 0.5) is 4.39 Å². The summed E-state index contributed by atoms with van der Waals surface area (Å²) in [6.45, 7) is 1.98. The highest BCUT2D eigenvalue weighted by Gasteiger charge is 2.17. The van der Waals surface area contributed by atoms with Crippen LogP contribution < -0.4 is 5.73 Å². The third-order valence-electron chi connectivity index (χ3n) is 2.63. The van der Waals surface area contributed by atoms with Crippen LogP contribution in [0.1, 0.15) is 30.0 Å². The van der Waals surface area contributed by atoms with E-state index in [2.05, 4.69) is 0 Å². The molecule has 1 atom stereocenters. The topological polar surface area (TPSA) is 39.2 Å². The van der Waals surface area contributed by atoms with Gasteiger partial charge in [0.25, 0.3) is 0 Å². The first-order valence-corrected chi connectivity index (χ1v) is 5.78. The van der Waals surface area contributed by atoms with Crippen LogP contribution in [0.3, 0.4) is 0 Å². The Morgan fingerprint density at radius 3 is 2.76 bits per heavy atom. The summed E-state index contributed by atoms with van der Waals surface area (Å²) in [7, 11) is 0. The van der Waals surface area contributed by atoms with E-state index in [1.807, 2.05) is 13.0 Å². The van der Waals surface area contributed by atoms with E-state index >= 15 is 0 Å². The van der Waals surface area contributed by atoms with Gasteiger partial charge in [0, 0.05) is 17.0 Å². The van der Waals surface area contributed by atoms with Gasteiger partial charge in [-0.25, -0.2) is 4.39 Å². The second-order valence-electron chi connectivity index (χ2n) is 3.80. The molecule has 0 spiro atoms. The van der Waals surface area contributed by atoms with Crippen molar-refractivity contribution in [3.05, 3.63) is 58.3 Å². The molecule has 2 nitrogen and oxygen atoms in total. The molecule has 1 heterocycles. The quantitative estimate of drug-likeness (QED) is 0.906. The molecular weight excluding hydrogens is 241 g/mol. The van der Waals surface area contributed by atoms with Gasteiger partial charge in [-0.3, -0.25) is 0 Å². The van der Waals surface area contributed by atoms with Crippen molar-refractivity contribution in [3.63, 3.8) is 0 Å². The first kappa shape index (κ1) is 12.1. The second-order valence-corrected chi connectivity index (χ2v) is 4.24. The fourth-order valence-electron chi connectivity index (χ4n) is 1.66. The van der Waals surface area contributed by atoms with Gasteiger partial charge in [0.2, 0.25) is 0 Å². The van der Waals surface area contributed by atoms with Crippen molar-refractivity contribution in [2.45, 2.75) is 19.4 Å². The SMILES string of the molecule is CCc1ccc(C(N)c2cc(Cl)ccc2F)o1. The average Bonchev–Trinajstić information content (AvgIpc) is 2.80. The maximum Gasteiger partial charge on any atom is 0.128 e. The second kappa shape index (κ2) is 4.90. The lowest BCUT2D eigenvalue weighted by atomic mass is 10.1. The van der Waals surface area contributed by atoms with E-state index in [4.69, 9.17) is 21.8 Å². The van der Waals surface area contributed by atoms with E-state index in [0.717, 1.165) is 12.2 Å². The Bertz CT molecular complexity index is 524. The molecule has 0 aliphatic carbocycles. The van der Waals surface area contributed by atoms with Gasteiger partial charge < -0.3 is 10.2 Å². The minimum Gasteiger partial charge on any atom is -0.464 e. The number of halogens is 2. The monoisotopic (exact) mass is 253 g/mol. The van der Waals surface area contributed by atoms with Gasteiger partial charge in [0.05, 0.1) is 6.04 Å². The summed E-state index contributed by atoms with van der Waals surface area (Å²) < 4.78 is 19.1. The Hall–Kier alpha value is -1.32. The minimum absolute atomic E-state index is 0.342. The minimum atomic E-state index is -0.631. The molecule has 1 aromatic heterocycles. The van der Waals surface area contributed by atoms with E-state index in [1.165, 1.54) is 18.2 Å². The molecule has 4 heteroatoms. The number of aryl methyl sites for hydroxylation is 1. The van der Waals surface area contributed by atoms with Crippen molar-refractivity contribution in [2.75, 3.05) is 0 Å². The summed E-state index contributed by atoms with van der Waals surface area (Å²) in [6.07, 6.45) is 0.782. The lowest BCUT2D eigenvalue weighted by Crippen LogP contribution is -2.12. The lowest BCUT2D eigenvalue weighted by Gasteiger charge is -2.10. The lowest BCUT2D eigenvalue weighted by molar-refractivity contribution is 0.448. The Balaban J connectivity index is 2.35. The number of furan rings is 1. The first-order chi connectivity index (χ1) is 8.11. The van der Waals surface area contributed by atoms with E-state index in [1.54, 1.807) is 6.07 Å². The summed E-state index contributed by atoms with van der Waals surface area (Å²) in [4.78, 5) is 0. The summed E-state index contributed by atoms with van der Waals surface area (Å²) in [5, 5.41) is 0.458. The Labute approximate surface area is 104 Å². The van der Waals surface area contributed by atoms with E-state index in [0.29, 0.717) is 16.3 Å². The predicted molar refractivity (Wildman–Crippen MR) is 65.5 cm³/mol. The van der Waals surface area contributed by atoms with Gasteiger partial charge in [-0.15, -0.1) is 0 Å². The Morgan fingerprint density at radius 1 is 1.35 bits per heavy atom. The zero-order chi connectivity index (χ0) is 12.4. The highest BCUT2D eigenvalue weighted by atomic mass is 35.5. The van der Waals surface area contributed by atoms with Crippen LogP contribution in [0.2, 0.25) is 5.02 Å². The molecule has 0 amide bonds. The van der Waals surface area contributed by atoms with E-state index < -0.39 is 6.04 Å². The third-order valence-corrected chi connectivity index (χ3v) is 2.87. The molecule has 1 aromatic carbocycles. The molecule has 2 aromatic rings. The zero-order valence-corrected chi connectivity index (χ0v) is 10.2. The van der Waals surface area contributed by atoms with Crippen molar-refractivity contribution in [1.82, 2.24) is 0 Å². The summed E-state index contributed by atoms with van der Waals surface area (Å²) in [5.41, 5.74) is 6.30. The number of hydrogen-bond acceptors (Lipinski definition) is 2. The van der Waals surface area contributed by atoms with Crippen LogP contribution in [0.5, 0.6) is 0 Å². The smallest absolute Gasteiger partial charge is 0.128 e. The number of hydrogen-bond donors (Lipinski definition) is 1. The number of nitrogens with two attached hydrogens (primary N) is 1. The average molecular weight is 254 g/mol. The van der Waals surface area contributed by atoms with Crippen molar-refractivity contribution >= 4 is 11.6 Å². The largest absolute Gasteiger partial charge is 0.464 e. The van der Waals surface area contributed by atoms with Crippen LogP contribution in [0, 0.1) is 5.82 Å². The van der Waals surface area contributed by atoms with Gasteiger partial charge in [0.1, 0.15) is 17.3 Å². The molecule has 0 aliphatic heterocycles. The van der Waals surface area contributed by atoms with Gasteiger partial charge in [-0.05, 0) is 30.3 Å². The first-order valence-electron chi connectivity index (χ1n) is 5.41. The van der Waals surface area contributed by atoms with Crippen molar-refractivity contribution in [2.24, 2.45) is 5.73 Å². The molecule has 0 saturated carbocycles. The summed E-state index contributed by atoms with van der Waals surface area (Å²) in [5.74, 6) is 0.997. The summed E-state index contributed by atoms with van der Waals surface area (Å²) >= 11 is 5.83. The van der Waals surface area contributed by atoms with Crippen LogP contribution in [0.25, 0.3) is 0 Å². The predicted octanol–water partition coefficient (Wildman–Crippen LogP) is 3.68. The standard InChI is InChI=1S/C13H13ClFNO/c1-2-9-4-6-12(17-9)13(16)10-7-8(14)3-5-11(10)15/h3-7,13H,2,16H2,1H3. The molecule has 17 heavy (non-hydrogen) atoms. The number of rotatable bonds is 3. The van der Waals surface area contributed by atoms with Crippen LogP contribution in [-0.4, -0.2) is 0 Å². The van der Waals surface area contributed by atoms with Gasteiger partial charge in [0.15, 0.2) is 0 Å². The molecule has 0 radical (unpaired) electrons. The molecule has 2 rings (SSSR count). The normalized spacial score (nSPS) is 12.7. The Kier molecular flexibility index (Phi) is 3.50. The van der Waals surface area contributed by atoms with E-state index in [-0.39, 0.29) is 5.82 Å². The number of benzene rings is 1. The van der Waals surface area contributed by atoms with Crippen LogP contribution in [-0.2, 0) is 6.42 Å². The van der Waals surface area contributed by atoms with E-state index in [9.17, 15) is 4.39 Å². The van der Waals surface area contributed by atoms with Crippen molar-refractivity contribution < 1.29 is 8.81 Å². The molecule has 2 N–H and O–H groups in total. The highest BCUT2D eigenvalue weighted by Crippen LogP contribution is 2.26. The van der Waals surface area contributed by atoms with Crippen molar-refractivity contribution in [3.8, 4) is 0 Å². The zero-order valence-electron chi connectivity index (χ0n) is 9.41. The molecule has 0 bridgehead atoms. The third kappa shape index (κ3) is 2.51. The van der Waals surface area contributed by atoms with Crippen LogP contribution >= 0.6 is 11.6 Å². The fourth-order valence-corrected chi connectivity index (χ4v) is 1.84. The molecular formula is C13H13ClFNO. The Morgan fingerprint density at radius 2 is 2.12 bits per heavy atom. The van der Waals surface area contributed by atoms with Gasteiger partial charge in [-0.1, -0.05) is 18.5 Å². The maximum atomic E-state index is 13.6. The molecule has 0 fully saturated rings. The maximum absolute atomic E-state index is 13.6. The van der Waals surface area contributed by atoms with Crippen LogP contribution in [0.15, 0.2) is 34.7 Å². The van der Waals surface area contributed by atoms with Gasteiger partial charge in [-0.2, -0.15) is 0 Å². The van der Waals surface area contributed by atoms with Gasteiger partial charge >= 0.3 is 0 Å². The summed E-state index contributed by atoms with van der Waals surface area (Å²) in [6, 6.07) is 7.31.